The molecule has 176 valence electrons. The molecule has 0 aliphatic rings. The van der Waals surface area contributed by atoms with Gasteiger partial charge in [0.15, 0.2) is 12.4 Å². The first-order valence-corrected chi connectivity index (χ1v) is 12.9. The third kappa shape index (κ3) is 7.55. The van der Waals surface area contributed by atoms with Crippen molar-refractivity contribution in [3.8, 4) is 23.7 Å². The summed E-state index contributed by atoms with van der Waals surface area (Å²) in [6, 6.07) is 12.6. The third-order valence-corrected chi connectivity index (χ3v) is 6.52. The minimum atomic E-state index is -0.364. The summed E-state index contributed by atoms with van der Waals surface area (Å²) in [5.74, 6) is 11.9. The van der Waals surface area contributed by atoms with Gasteiger partial charge >= 0.3 is 11.9 Å². The maximum atomic E-state index is 12.1. The zero-order valence-electron chi connectivity index (χ0n) is 19.4. The van der Waals surface area contributed by atoms with E-state index in [1.165, 1.54) is 0 Å². The molecule has 3 rings (SSSR count). The molecule has 0 saturated heterocycles. The molecular weight excluding hydrogens is 668 g/mol. The number of nitrogens with zero attached hydrogens (tertiary/aromatic N) is 1. The SMILES string of the molecule is CCOC(=O)c1ccc(I)c(C#Cc2cc(C#Cc3cc(C(=O)OCC)ccc3I)c[n+](C)c2)c1. The Hall–Kier alpha value is -2.89. The van der Waals surface area contributed by atoms with Gasteiger partial charge in [-0.3, -0.25) is 0 Å². The fourth-order valence-corrected chi connectivity index (χ4v) is 4.00. The molecule has 2 aromatic carbocycles. The van der Waals surface area contributed by atoms with Gasteiger partial charge in [0.1, 0.15) is 7.05 Å². The standard InChI is InChI=1S/C28H22I2NO4/c1-4-34-27(32)23-10-12-25(29)21(15-23)8-6-19-14-20(18-31(3)17-19)7-9-22-16-24(11-13-26(22)30)28(33)35-5-2/h10-18H,4-5H2,1-3H3/q+1. The summed E-state index contributed by atoms with van der Waals surface area (Å²) in [6.45, 7) is 4.20. The maximum absolute atomic E-state index is 12.1. The molecular formula is C28H22I2NO4+. The van der Waals surface area contributed by atoms with Crippen LogP contribution in [0.4, 0.5) is 0 Å². The zero-order valence-corrected chi connectivity index (χ0v) is 23.8. The highest BCUT2D eigenvalue weighted by molar-refractivity contribution is 14.1. The average molecular weight is 690 g/mol. The first-order chi connectivity index (χ1) is 16.8. The molecule has 5 nitrogen and oxygen atoms in total. The van der Waals surface area contributed by atoms with Crippen LogP contribution in [0, 0.1) is 30.8 Å². The fourth-order valence-electron chi connectivity index (χ4n) is 3.06. The van der Waals surface area contributed by atoms with Crippen LogP contribution in [-0.4, -0.2) is 25.2 Å². The highest BCUT2D eigenvalue weighted by Crippen LogP contribution is 2.16. The number of esters is 2. The summed E-state index contributed by atoms with van der Waals surface area (Å²) < 4.78 is 14.0. The number of aryl methyl sites for hydroxylation is 1. The van der Waals surface area contributed by atoms with Gasteiger partial charge in [0.25, 0.3) is 0 Å². The van der Waals surface area contributed by atoms with E-state index < -0.39 is 0 Å². The molecule has 0 unspecified atom stereocenters. The Labute approximate surface area is 232 Å². The molecule has 3 aromatic rings. The van der Waals surface area contributed by atoms with Gasteiger partial charge in [0.05, 0.1) is 35.5 Å². The quantitative estimate of drug-likeness (QED) is 0.170. The largest absolute Gasteiger partial charge is 0.462 e. The predicted molar refractivity (Wildman–Crippen MR) is 150 cm³/mol. The van der Waals surface area contributed by atoms with Crippen LogP contribution in [0.2, 0.25) is 0 Å². The molecule has 0 amide bonds. The number of carbonyl (C=O) groups is 2. The van der Waals surface area contributed by atoms with E-state index in [1.807, 2.05) is 42.2 Å². The summed E-state index contributed by atoms with van der Waals surface area (Å²) in [5.41, 5.74) is 4.02. The lowest BCUT2D eigenvalue weighted by Gasteiger charge is -2.03. The van der Waals surface area contributed by atoms with Crippen LogP contribution in [-0.2, 0) is 16.5 Å². The van der Waals surface area contributed by atoms with Crippen molar-refractivity contribution in [2.75, 3.05) is 13.2 Å². The van der Waals surface area contributed by atoms with Gasteiger partial charge in [0.2, 0.25) is 0 Å². The maximum Gasteiger partial charge on any atom is 0.338 e. The zero-order chi connectivity index (χ0) is 25.4. The van der Waals surface area contributed by atoms with Gasteiger partial charge in [-0.15, -0.1) is 0 Å². The van der Waals surface area contributed by atoms with Crippen molar-refractivity contribution in [2.24, 2.45) is 7.05 Å². The van der Waals surface area contributed by atoms with Crippen LogP contribution >= 0.6 is 45.2 Å². The molecule has 0 aliphatic heterocycles. The molecule has 7 heteroatoms. The van der Waals surface area contributed by atoms with Crippen molar-refractivity contribution in [1.82, 2.24) is 0 Å². The van der Waals surface area contributed by atoms with Crippen LogP contribution in [0.25, 0.3) is 0 Å². The number of hydrogen-bond donors (Lipinski definition) is 0. The number of benzene rings is 2. The van der Waals surface area contributed by atoms with Crippen LogP contribution in [0.1, 0.15) is 56.8 Å². The van der Waals surface area contributed by atoms with E-state index in [1.54, 1.807) is 38.1 Å². The minimum absolute atomic E-state index is 0.322. The number of pyridine rings is 1. The Morgan fingerprint density at radius 3 is 1.57 bits per heavy atom. The molecule has 0 fully saturated rings. The Morgan fingerprint density at radius 1 is 0.743 bits per heavy atom. The van der Waals surface area contributed by atoms with Gasteiger partial charge in [0, 0.05) is 18.3 Å². The average Bonchev–Trinajstić information content (AvgIpc) is 2.83. The van der Waals surface area contributed by atoms with Gasteiger partial charge < -0.3 is 9.47 Å². The molecule has 0 atom stereocenters. The first-order valence-electron chi connectivity index (χ1n) is 10.8. The number of hydrogen-bond acceptors (Lipinski definition) is 4. The van der Waals surface area contributed by atoms with Crippen LogP contribution in [0.15, 0.2) is 54.9 Å². The topological polar surface area (TPSA) is 56.5 Å². The van der Waals surface area contributed by atoms with E-state index in [0.29, 0.717) is 24.3 Å². The van der Waals surface area contributed by atoms with Crippen molar-refractivity contribution in [3.05, 3.63) is 95.4 Å². The summed E-state index contributed by atoms with van der Waals surface area (Å²) >= 11 is 4.39. The van der Waals surface area contributed by atoms with Crippen LogP contribution in [0.3, 0.4) is 0 Å². The van der Waals surface area contributed by atoms with Gasteiger partial charge in [-0.25, -0.2) is 14.2 Å². The molecule has 0 spiro atoms. The second-order valence-corrected chi connectivity index (χ2v) is 9.63. The Bertz CT molecular complexity index is 1300. The van der Waals surface area contributed by atoms with E-state index in [4.69, 9.17) is 9.47 Å². The van der Waals surface area contributed by atoms with Gasteiger partial charge in [-0.05, 0) is 101 Å². The van der Waals surface area contributed by atoms with Crippen molar-refractivity contribution in [1.29, 1.82) is 0 Å². The molecule has 0 N–H and O–H groups in total. The van der Waals surface area contributed by atoms with Crippen LogP contribution < -0.4 is 4.57 Å². The van der Waals surface area contributed by atoms with Crippen LogP contribution in [0.5, 0.6) is 0 Å². The number of ether oxygens (including phenoxy) is 2. The monoisotopic (exact) mass is 690 g/mol. The van der Waals surface area contributed by atoms with E-state index in [2.05, 4.69) is 68.9 Å². The first kappa shape index (κ1) is 26.7. The van der Waals surface area contributed by atoms with E-state index in [9.17, 15) is 9.59 Å². The third-order valence-electron chi connectivity index (χ3n) is 4.63. The summed E-state index contributed by atoms with van der Waals surface area (Å²) in [5, 5.41) is 0. The lowest BCUT2D eigenvalue weighted by atomic mass is 10.1. The highest BCUT2D eigenvalue weighted by atomic mass is 127. The molecule has 0 radical (unpaired) electrons. The second kappa shape index (κ2) is 12.7. The fraction of sp³-hybridized carbons (Fsp3) is 0.179. The Balaban J connectivity index is 1.91. The number of rotatable bonds is 4. The summed E-state index contributed by atoms with van der Waals surface area (Å²) in [4.78, 5) is 24.1. The molecule has 1 heterocycles. The Kier molecular flexibility index (Phi) is 9.70. The smallest absolute Gasteiger partial charge is 0.338 e. The molecule has 35 heavy (non-hydrogen) atoms. The lowest BCUT2D eigenvalue weighted by Crippen LogP contribution is -2.27. The summed E-state index contributed by atoms with van der Waals surface area (Å²) in [7, 11) is 1.91. The van der Waals surface area contributed by atoms with Crippen molar-refractivity contribution >= 4 is 57.1 Å². The van der Waals surface area contributed by atoms with Gasteiger partial charge in [-0.1, -0.05) is 23.7 Å². The van der Waals surface area contributed by atoms with Crippen molar-refractivity contribution < 1.29 is 23.6 Å². The number of aromatic nitrogens is 1. The predicted octanol–water partition coefficient (Wildman–Crippen LogP) is 4.87. The number of halogens is 2. The number of carbonyl (C=O) groups excluding carboxylic acids is 2. The van der Waals surface area contributed by atoms with Crippen molar-refractivity contribution in [2.45, 2.75) is 13.8 Å². The molecule has 0 saturated carbocycles. The minimum Gasteiger partial charge on any atom is -0.462 e. The second-order valence-electron chi connectivity index (χ2n) is 7.31. The molecule has 0 aliphatic carbocycles. The highest BCUT2D eigenvalue weighted by Gasteiger charge is 2.10. The van der Waals surface area contributed by atoms with E-state index in [0.717, 1.165) is 29.4 Å². The van der Waals surface area contributed by atoms with E-state index >= 15 is 0 Å². The summed E-state index contributed by atoms with van der Waals surface area (Å²) in [6.07, 6.45) is 3.82. The van der Waals surface area contributed by atoms with Gasteiger partial charge in [-0.2, -0.15) is 0 Å². The molecule has 0 bridgehead atoms. The normalized spacial score (nSPS) is 9.86. The molecule has 1 aromatic heterocycles. The van der Waals surface area contributed by atoms with Crippen molar-refractivity contribution in [3.63, 3.8) is 0 Å². The van der Waals surface area contributed by atoms with E-state index in [-0.39, 0.29) is 11.9 Å². The Morgan fingerprint density at radius 2 is 1.17 bits per heavy atom. The lowest BCUT2D eigenvalue weighted by molar-refractivity contribution is -0.671.